The van der Waals surface area contributed by atoms with Crippen molar-refractivity contribution in [2.75, 3.05) is 6.61 Å². The van der Waals surface area contributed by atoms with Crippen LogP contribution in [-0.2, 0) is 14.8 Å². The number of hydrogen-bond donors (Lipinski definition) is 1. The van der Waals surface area contributed by atoms with E-state index in [9.17, 15) is 8.42 Å². The lowest BCUT2D eigenvalue weighted by atomic mass is 10.3. The molecule has 2 atom stereocenters. The lowest BCUT2D eigenvalue weighted by molar-refractivity contribution is 0.0760. The molecule has 11 heavy (non-hydrogen) atoms. The van der Waals surface area contributed by atoms with Crippen molar-refractivity contribution < 1.29 is 13.2 Å². The molecule has 0 amide bonds. The fourth-order valence-electron chi connectivity index (χ4n) is 0.666. The van der Waals surface area contributed by atoms with Gasteiger partial charge in [-0.2, -0.15) is 0 Å². The molecule has 0 radical (unpaired) electrons. The van der Waals surface area contributed by atoms with Crippen LogP contribution in [0.5, 0.6) is 0 Å². The van der Waals surface area contributed by atoms with Crippen LogP contribution in [-0.4, -0.2) is 26.4 Å². The van der Waals surface area contributed by atoms with Gasteiger partial charge in [-0.1, -0.05) is 0 Å². The maximum Gasteiger partial charge on any atom is 0.214 e. The Morgan fingerprint density at radius 3 is 2.18 bits per heavy atom. The molecule has 4 nitrogen and oxygen atoms in total. The molecule has 0 aromatic rings. The van der Waals surface area contributed by atoms with E-state index < -0.39 is 15.3 Å². The maximum atomic E-state index is 10.7. The van der Waals surface area contributed by atoms with E-state index in [1.807, 2.05) is 6.92 Å². The largest absolute Gasteiger partial charge is 0.377 e. The topological polar surface area (TPSA) is 69.4 Å². The minimum absolute atomic E-state index is 0.338. The Morgan fingerprint density at radius 1 is 1.45 bits per heavy atom. The Bertz CT molecular complexity index is 200. The van der Waals surface area contributed by atoms with E-state index in [0.29, 0.717) is 6.61 Å². The molecule has 0 bridgehead atoms. The maximum absolute atomic E-state index is 10.7. The number of sulfonamides is 1. The van der Waals surface area contributed by atoms with Crippen LogP contribution in [0.1, 0.15) is 20.8 Å². The Morgan fingerprint density at radius 2 is 1.91 bits per heavy atom. The van der Waals surface area contributed by atoms with Crippen LogP contribution < -0.4 is 5.14 Å². The molecule has 0 fully saturated rings. The Balaban J connectivity index is 4.14. The zero-order valence-corrected chi connectivity index (χ0v) is 7.89. The first-order valence-electron chi connectivity index (χ1n) is 3.52. The monoisotopic (exact) mass is 181 g/mol. The third-order valence-electron chi connectivity index (χ3n) is 1.61. The van der Waals surface area contributed by atoms with Gasteiger partial charge in [0.25, 0.3) is 0 Å². The lowest BCUT2D eigenvalue weighted by Crippen LogP contribution is -2.36. The minimum atomic E-state index is -3.45. The molecule has 0 saturated heterocycles. The van der Waals surface area contributed by atoms with Gasteiger partial charge in [0.05, 0.1) is 11.4 Å². The summed E-state index contributed by atoms with van der Waals surface area (Å²) < 4.78 is 26.6. The van der Waals surface area contributed by atoms with Crippen molar-refractivity contribution in [1.29, 1.82) is 0 Å². The number of nitrogens with two attached hydrogens (primary N) is 1. The summed E-state index contributed by atoms with van der Waals surface area (Å²) in [4.78, 5) is 0. The number of ether oxygens (including phenoxy) is 1. The average Bonchev–Trinajstić information content (AvgIpc) is 1.85. The summed E-state index contributed by atoms with van der Waals surface area (Å²) in [5.41, 5.74) is 0. The number of primary sulfonamides is 1. The van der Waals surface area contributed by atoms with E-state index >= 15 is 0 Å². The first-order valence-corrected chi connectivity index (χ1v) is 5.13. The smallest absolute Gasteiger partial charge is 0.214 e. The number of rotatable bonds is 4. The quantitative estimate of drug-likeness (QED) is 0.668. The fourth-order valence-corrected chi connectivity index (χ4v) is 1.28. The highest BCUT2D eigenvalue weighted by atomic mass is 32.2. The van der Waals surface area contributed by atoms with Gasteiger partial charge in [0.2, 0.25) is 10.0 Å². The Kier molecular flexibility index (Phi) is 3.99. The van der Waals surface area contributed by atoms with Gasteiger partial charge in [-0.05, 0) is 20.8 Å². The van der Waals surface area contributed by atoms with Gasteiger partial charge in [0.15, 0.2) is 0 Å². The highest BCUT2D eigenvalue weighted by Gasteiger charge is 2.22. The summed E-state index contributed by atoms with van der Waals surface area (Å²) in [6, 6.07) is 0. The summed E-state index contributed by atoms with van der Waals surface area (Å²) in [6.45, 7) is 5.54. The molecule has 5 heteroatoms. The van der Waals surface area contributed by atoms with Crippen molar-refractivity contribution in [3.8, 4) is 0 Å². The summed E-state index contributed by atoms with van der Waals surface area (Å²) in [5, 5.41) is 4.27. The van der Waals surface area contributed by atoms with Crippen LogP contribution in [0.3, 0.4) is 0 Å². The lowest BCUT2D eigenvalue weighted by Gasteiger charge is -2.17. The standard InChI is InChI=1S/C6H15NO3S/c1-4-10-5(2)6(3)11(7,8)9/h5-6H,4H2,1-3H3,(H2,7,8,9)/t5-,6-/m1/s1. The SMILES string of the molecule is CCO[C@H](C)[C@@H](C)S(N)(=O)=O. The van der Waals surface area contributed by atoms with Crippen molar-refractivity contribution >= 4 is 10.0 Å². The summed E-state index contributed by atoms with van der Waals surface area (Å²) in [7, 11) is -3.45. The molecular formula is C6H15NO3S. The van der Waals surface area contributed by atoms with E-state index in [-0.39, 0.29) is 6.10 Å². The average molecular weight is 181 g/mol. The van der Waals surface area contributed by atoms with E-state index in [0.717, 1.165) is 0 Å². The molecule has 0 aliphatic rings. The Hall–Kier alpha value is -0.130. The highest BCUT2D eigenvalue weighted by Crippen LogP contribution is 2.04. The van der Waals surface area contributed by atoms with Crippen molar-refractivity contribution in [1.82, 2.24) is 0 Å². The van der Waals surface area contributed by atoms with Crippen molar-refractivity contribution in [2.45, 2.75) is 32.1 Å². The third kappa shape index (κ3) is 3.69. The van der Waals surface area contributed by atoms with E-state index in [2.05, 4.69) is 0 Å². The zero-order chi connectivity index (χ0) is 9.07. The first-order chi connectivity index (χ1) is 4.89. The molecule has 0 aliphatic heterocycles. The van der Waals surface area contributed by atoms with E-state index in [1.165, 1.54) is 6.92 Å². The molecular weight excluding hydrogens is 166 g/mol. The molecule has 0 unspecified atom stereocenters. The predicted octanol–water partition coefficient (Wildman–Crippen LogP) is 0.0884. The van der Waals surface area contributed by atoms with Crippen LogP contribution >= 0.6 is 0 Å². The molecule has 0 heterocycles. The van der Waals surface area contributed by atoms with Crippen LogP contribution in [0.25, 0.3) is 0 Å². The summed E-state index contributed by atoms with van der Waals surface area (Å²) in [6.07, 6.45) is -0.338. The summed E-state index contributed by atoms with van der Waals surface area (Å²) >= 11 is 0. The molecule has 0 rings (SSSR count). The molecule has 68 valence electrons. The molecule has 0 aromatic carbocycles. The predicted molar refractivity (Wildman–Crippen MR) is 43.7 cm³/mol. The highest BCUT2D eigenvalue weighted by molar-refractivity contribution is 7.89. The van der Waals surface area contributed by atoms with Gasteiger partial charge >= 0.3 is 0 Å². The second kappa shape index (κ2) is 4.04. The van der Waals surface area contributed by atoms with Crippen molar-refractivity contribution in [3.05, 3.63) is 0 Å². The Labute approximate surface area is 67.8 Å². The van der Waals surface area contributed by atoms with Gasteiger partial charge in [-0.25, -0.2) is 13.6 Å². The normalized spacial score (nSPS) is 17.8. The molecule has 2 N–H and O–H groups in total. The van der Waals surface area contributed by atoms with Crippen LogP contribution in [0.15, 0.2) is 0 Å². The van der Waals surface area contributed by atoms with Crippen molar-refractivity contribution in [2.24, 2.45) is 5.14 Å². The second-order valence-electron chi connectivity index (χ2n) is 2.45. The van der Waals surface area contributed by atoms with Gasteiger partial charge in [0, 0.05) is 6.61 Å². The van der Waals surface area contributed by atoms with Gasteiger partial charge in [-0.3, -0.25) is 0 Å². The van der Waals surface area contributed by atoms with E-state index in [1.54, 1.807) is 6.92 Å². The minimum Gasteiger partial charge on any atom is -0.377 e. The molecule has 0 aromatic heterocycles. The number of hydrogen-bond acceptors (Lipinski definition) is 3. The van der Waals surface area contributed by atoms with Crippen LogP contribution in [0, 0.1) is 0 Å². The molecule has 0 aliphatic carbocycles. The van der Waals surface area contributed by atoms with Crippen molar-refractivity contribution in [3.63, 3.8) is 0 Å². The summed E-state index contributed by atoms with van der Waals surface area (Å²) in [5.74, 6) is 0. The van der Waals surface area contributed by atoms with Crippen LogP contribution in [0.2, 0.25) is 0 Å². The first kappa shape index (κ1) is 10.9. The third-order valence-corrected chi connectivity index (χ3v) is 3.03. The zero-order valence-electron chi connectivity index (χ0n) is 7.07. The fraction of sp³-hybridized carbons (Fsp3) is 1.00. The van der Waals surface area contributed by atoms with Gasteiger partial charge in [-0.15, -0.1) is 0 Å². The van der Waals surface area contributed by atoms with Gasteiger partial charge < -0.3 is 4.74 Å². The van der Waals surface area contributed by atoms with E-state index in [4.69, 9.17) is 9.88 Å². The molecule has 0 spiro atoms. The van der Waals surface area contributed by atoms with Crippen LogP contribution in [0.4, 0.5) is 0 Å². The van der Waals surface area contributed by atoms with Gasteiger partial charge in [0.1, 0.15) is 0 Å². The molecule has 0 saturated carbocycles. The second-order valence-corrected chi connectivity index (χ2v) is 4.38.